The van der Waals surface area contributed by atoms with Crippen molar-refractivity contribution in [2.24, 2.45) is 7.05 Å². The van der Waals surface area contributed by atoms with Crippen molar-refractivity contribution >= 4 is 20.9 Å². The van der Waals surface area contributed by atoms with Crippen molar-refractivity contribution in [1.82, 2.24) is 9.29 Å². The van der Waals surface area contributed by atoms with Crippen LogP contribution in [-0.4, -0.2) is 25.6 Å². The maximum absolute atomic E-state index is 12.6. The molecule has 0 spiro atoms. The molecule has 2 aromatic carbocycles. The Morgan fingerprint density at radius 3 is 2.54 bits per heavy atom. The predicted octanol–water partition coefficient (Wildman–Crippen LogP) is 4.02. The molecule has 1 aliphatic rings. The Morgan fingerprint density at radius 2 is 1.79 bits per heavy atom. The molecule has 0 bridgehead atoms. The average Bonchev–Trinajstić information content (AvgIpc) is 3.31. The predicted molar refractivity (Wildman–Crippen MR) is 111 cm³/mol. The molecule has 6 heteroatoms. The molecule has 3 aromatic rings. The van der Waals surface area contributed by atoms with Gasteiger partial charge in [-0.05, 0) is 68.0 Å². The number of sulfonamides is 1. The van der Waals surface area contributed by atoms with Gasteiger partial charge in [0, 0.05) is 30.7 Å². The van der Waals surface area contributed by atoms with E-state index in [1.54, 1.807) is 24.3 Å². The highest BCUT2D eigenvalue weighted by Gasteiger charge is 2.18. The van der Waals surface area contributed by atoms with E-state index < -0.39 is 10.0 Å². The third-order valence-electron chi connectivity index (χ3n) is 5.40. The highest BCUT2D eigenvalue weighted by atomic mass is 32.2. The summed E-state index contributed by atoms with van der Waals surface area (Å²) >= 11 is 0. The highest BCUT2D eigenvalue weighted by Crippen LogP contribution is 2.25. The zero-order chi connectivity index (χ0) is 19.6. The molecule has 148 valence electrons. The van der Waals surface area contributed by atoms with E-state index in [1.165, 1.54) is 12.8 Å². The number of hydrogen-bond donors (Lipinski definition) is 1. The molecule has 0 atom stereocenters. The van der Waals surface area contributed by atoms with Crippen molar-refractivity contribution in [2.45, 2.75) is 43.1 Å². The minimum absolute atomic E-state index is 0.265. The van der Waals surface area contributed by atoms with Crippen molar-refractivity contribution in [3.8, 4) is 5.75 Å². The molecular formula is C22H26N2O3S. The second-order valence-corrected chi connectivity index (χ2v) is 9.19. The fourth-order valence-electron chi connectivity index (χ4n) is 3.92. The van der Waals surface area contributed by atoms with Crippen LogP contribution in [0.1, 0.15) is 31.2 Å². The molecule has 0 amide bonds. The Balaban J connectivity index is 1.38. The normalized spacial score (nSPS) is 15.3. The number of aromatic nitrogens is 1. The summed E-state index contributed by atoms with van der Waals surface area (Å²) in [5.41, 5.74) is 2.29. The first-order chi connectivity index (χ1) is 13.5. The van der Waals surface area contributed by atoms with Crippen LogP contribution in [-0.2, 0) is 23.5 Å². The Labute approximate surface area is 166 Å². The summed E-state index contributed by atoms with van der Waals surface area (Å²) in [5.74, 6) is 0.738. The summed E-state index contributed by atoms with van der Waals surface area (Å²) in [5, 5.41) is 1.16. The standard InChI is InChI=1S/C22H26N2O3S/c1-24-16-17(21-8-4-5-9-22(21)24)14-15-23-28(25,26)20-12-10-19(11-13-20)27-18-6-2-3-7-18/h4-5,8-13,16,18,23H,2-3,6-7,14-15H2,1H3. The number of rotatable bonds is 7. The number of fused-ring (bicyclic) bond motifs is 1. The lowest BCUT2D eigenvalue weighted by atomic mass is 10.1. The molecule has 0 saturated heterocycles. The minimum atomic E-state index is -3.53. The SMILES string of the molecule is Cn1cc(CCNS(=O)(=O)c2ccc(OC3CCCC3)cc2)c2ccccc21. The molecule has 4 rings (SSSR count). The van der Waals surface area contributed by atoms with Crippen LogP contribution < -0.4 is 9.46 Å². The summed E-state index contributed by atoms with van der Waals surface area (Å²) in [6, 6.07) is 14.9. The van der Waals surface area contributed by atoms with Crippen molar-refractivity contribution in [3.05, 3.63) is 60.3 Å². The molecule has 1 heterocycles. The Hall–Kier alpha value is -2.31. The average molecular weight is 399 g/mol. The molecule has 1 saturated carbocycles. The summed E-state index contributed by atoms with van der Waals surface area (Å²) in [7, 11) is -1.53. The zero-order valence-electron chi connectivity index (χ0n) is 16.1. The molecule has 5 nitrogen and oxygen atoms in total. The van der Waals surface area contributed by atoms with Gasteiger partial charge in [0.15, 0.2) is 0 Å². The summed E-state index contributed by atoms with van der Waals surface area (Å²) in [6.45, 7) is 0.358. The smallest absolute Gasteiger partial charge is 0.240 e. The number of ether oxygens (including phenoxy) is 1. The van der Waals surface area contributed by atoms with Gasteiger partial charge in [-0.15, -0.1) is 0 Å². The zero-order valence-corrected chi connectivity index (χ0v) is 16.9. The Morgan fingerprint density at radius 1 is 1.07 bits per heavy atom. The van der Waals surface area contributed by atoms with Crippen LogP contribution in [0.4, 0.5) is 0 Å². The van der Waals surface area contributed by atoms with Gasteiger partial charge in [-0.3, -0.25) is 0 Å². The number of hydrogen-bond acceptors (Lipinski definition) is 3. The summed E-state index contributed by atoms with van der Waals surface area (Å²) < 4.78 is 35.9. The van der Waals surface area contributed by atoms with Crippen LogP contribution in [0.5, 0.6) is 5.75 Å². The van der Waals surface area contributed by atoms with E-state index in [9.17, 15) is 8.42 Å². The van der Waals surface area contributed by atoms with Crippen molar-refractivity contribution in [2.75, 3.05) is 6.54 Å². The number of nitrogens with zero attached hydrogens (tertiary/aromatic N) is 1. The number of nitrogens with one attached hydrogen (secondary N) is 1. The molecule has 1 aliphatic carbocycles. The number of para-hydroxylation sites is 1. The van der Waals surface area contributed by atoms with Crippen LogP contribution in [0.25, 0.3) is 10.9 Å². The second-order valence-electron chi connectivity index (χ2n) is 7.43. The van der Waals surface area contributed by atoms with Crippen LogP contribution in [0.15, 0.2) is 59.6 Å². The monoisotopic (exact) mass is 398 g/mol. The first-order valence-corrected chi connectivity index (χ1v) is 11.3. The molecule has 1 aromatic heterocycles. The maximum atomic E-state index is 12.6. The molecule has 28 heavy (non-hydrogen) atoms. The fourth-order valence-corrected chi connectivity index (χ4v) is 4.96. The van der Waals surface area contributed by atoms with Crippen LogP contribution in [0.2, 0.25) is 0 Å². The largest absolute Gasteiger partial charge is 0.490 e. The van der Waals surface area contributed by atoms with E-state index in [1.807, 2.05) is 19.2 Å². The van der Waals surface area contributed by atoms with E-state index in [2.05, 4.69) is 27.6 Å². The number of aryl methyl sites for hydroxylation is 1. The first-order valence-electron chi connectivity index (χ1n) is 9.82. The van der Waals surface area contributed by atoms with Crippen LogP contribution in [0, 0.1) is 0 Å². The van der Waals surface area contributed by atoms with E-state index in [4.69, 9.17) is 4.74 Å². The van der Waals surface area contributed by atoms with Gasteiger partial charge in [0.2, 0.25) is 10.0 Å². The van der Waals surface area contributed by atoms with E-state index in [0.29, 0.717) is 13.0 Å². The lowest BCUT2D eigenvalue weighted by Crippen LogP contribution is -2.26. The van der Waals surface area contributed by atoms with Gasteiger partial charge < -0.3 is 9.30 Å². The van der Waals surface area contributed by atoms with Gasteiger partial charge in [0.25, 0.3) is 0 Å². The van der Waals surface area contributed by atoms with Crippen molar-refractivity contribution < 1.29 is 13.2 Å². The Kier molecular flexibility index (Phi) is 5.42. The highest BCUT2D eigenvalue weighted by molar-refractivity contribution is 7.89. The molecular weight excluding hydrogens is 372 g/mol. The maximum Gasteiger partial charge on any atom is 0.240 e. The molecule has 1 N–H and O–H groups in total. The van der Waals surface area contributed by atoms with Gasteiger partial charge in [-0.2, -0.15) is 0 Å². The minimum Gasteiger partial charge on any atom is -0.490 e. The Bertz CT molecular complexity index is 1050. The molecule has 1 fully saturated rings. The van der Waals surface area contributed by atoms with Gasteiger partial charge in [-0.1, -0.05) is 18.2 Å². The quantitative estimate of drug-likeness (QED) is 0.654. The first kappa shape index (κ1) is 19.0. The van der Waals surface area contributed by atoms with Gasteiger partial charge in [0.1, 0.15) is 5.75 Å². The van der Waals surface area contributed by atoms with E-state index >= 15 is 0 Å². The third kappa shape index (κ3) is 4.08. The topological polar surface area (TPSA) is 60.3 Å². The summed E-state index contributed by atoms with van der Waals surface area (Å²) in [4.78, 5) is 0.268. The van der Waals surface area contributed by atoms with Gasteiger partial charge in [0.05, 0.1) is 11.0 Å². The van der Waals surface area contributed by atoms with Crippen LogP contribution >= 0.6 is 0 Å². The molecule has 0 unspecified atom stereocenters. The molecule has 0 radical (unpaired) electrons. The summed E-state index contributed by atoms with van der Waals surface area (Å²) in [6.07, 6.45) is 7.54. The van der Waals surface area contributed by atoms with Crippen LogP contribution in [0.3, 0.4) is 0 Å². The number of benzene rings is 2. The lowest BCUT2D eigenvalue weighted by Gasteiger charge is -2.13. The van der Waals surface area contributed by atoms with Gasteiger partial charge >= 0.3 is 0 Å². The molecule has 0 aliphatic heterocycles. The third-order valence-corrected chi connectivity index (χ3v) is 6.88. The van der Waals surface area contributed by atoms with E-state index in [0.717, 1.165) is 35.1 Å². The second kappa shape index (κ2) is 7.97. The van der Waals surface area contributed by atoms with Crippen molar-refractivity contribution in [1.29, 1.82) is 0 Å². The van der Waals surface area contributed by atoms with E-state index in [-0.39, 0.29) is 11.0 Å². The lowest BCUT2D eigenvalue weighted by molar-refractivity contribution is 0.210. The fraction of sp³-hybridized carbons (Fsp3) is 0.364. The van der Waals surface area contributed by atoms with Crippen molar-refractivity contribution in [3.63, 3.8) is 0 Å². The van der Waals surface area contributed by atoms with Gasteiger partial charge in [-0.25, -0.2) is 13.1 Å².